The van der Waals surface area contributed by atoms with Crippen molar-refractivity contribution in [2.24, 2.45) is 5.73 Å². The number of hydrogen-bond donors (Lipinski definition) is 4. The third-order valence-electron chi connectivity index (χ3n) is 7.09. The van der Waals surface area contributed by atoms with E-state index in [4.69, 9.17) is 5.73 Å². The first-order valence-corrected chi connectivity index (χ1v) is 19.2. The van der Waals surface area contributed by atoms with Crippen LogP contribution in [-0.4, -0.2) is 80.3 Å². The van der Waals surface area contributed by atoms with Gasteiger partial charge in [-0.3, -0.25) is 24.0 Å². The Balaban J connectivity index is 1.65. The van der Waals surface area contributed by atoms with Crippen LogP contribution >= 0.6 is 28.9 Å². The van der Waals surface area contributed by atoms with Gasteiger partial charge in [0.1, 0.15) is 48.1 Å². The molecule has 3 aromatic rings. The summed E-state index contributed by atoms with van der Waals surface area (Å²) < 4.78 is 9.14. The Kier molecular flexibility index (Phi) is 15.7. The quantitative estimate of drug-likeness (QED) is 0.0662. The molecule has 2 atom stereocenters. The van der Waals surface area contributed by atoms with Gasteiger partial charge in [0.2, 0.25) is 17.7 Å². The summed E-state index contributed by atoms with van der Waals surface area (Å²) >= 11 is 0. The molecule has 3 rings (SSSR count). The number of nitrogens with two attached hydrogens (primary N) is 1. The molecule has 0 aliphatic heterocycles. The van der Waals surface area contributed by atoms with Gasteiger partial charge in [-0.2, -0.15) is 0 Å². The van der Waals surface area contributed by atoms with Crippen LogP contribution in [0.15, 0.2) is 91.0 Å². The molecular formula is C33H40N4O7PS2+. The van der Waals surface area contributed by atoms with Crippen LogP contribution in [0, 0.1) is 0 Å². The first-order chi connectivity index (χ1) is 22.7. The van der Waals surface area contributed by atoms with Gasteiger partial charge in [0.15, 0.2) is 0 Å². The minimum absolute atomic E-state index is 0.0240. The lowest BCUT2D eigenvalue weighted by molar-refractivity contribution is -0.142. The second kappa shape index (κ2) is 19.7. The van der Waals surface area contributed by atoms with Crippen molar-refractivity contribution >= 4 is 74.4 Å². The Labute approximate surface area is 283 Å². The molecule has 0 radical (unpaired) electrons. The molecule has 11 nitrogen and oxygen atoms in total. The maximum Gasteiger partial charge on any atom is 0.325 e. The van der Waals surface area contributed by atoms with Crippen molar-refractivity contribution in [3.8, 4) is 0 Å². The average molecular weight is 700 g/mol. The normalized spacial score (nSPS) is 12.2. The molecule has 5 N–H and O–H groups in total. The predicted molar refractivity (Wildman–Crippen MR) is 189 cm³/mol. The van der Waals surface area contributed by atoms with Crippen molar-refractivity contribution in [1.82, 2.24) is 16.0 Å². The van der Waals surface area contributed by atoms with Crippen molar-refractivity contribution in [1.29, 1.82) is 0 Å². The SMILES string of the molecule is COC(=O)CNC(=O)C(CSSCC(=O)NC[P+](c1ccccc1)(c1ccccc1)c1ccccc1)NC(=O)CCC(N)C(=O)OC. The Hall–Kier alpha value is -3.90. The zero-order valence-electron chi connectivity index (χ0n) is 26.3. The van der Waals surface area contributed by atoms with Crippen LogP contribution in [0.2, 0.25) is 0 Å². The average Bonchev–Trinajstić information content (AvgIpc) is 3.11. The summed E-state index contributed by atoms with van der Waals surface area (Å²) in [7, 11) is 2.61. The van der Waals surface area contributed by atoms with Gasteiger partial charge < -0.3 is 31.2 Å². The summed E-state index contributed by atoms with van der Waals surface area (Å²) in [4.78, 5) is 61.7. The van der Waals surface area contributed by atoms with Crippen molar-refractivity contribution in [3.63, 3.8) is 0 Å². The zero-order valence-corrected chi connectivity index (χ0v) is 28.8. The van der Waals surface area contributed by atoms with Gasteiger partial charge in [0, 0.05) is 12.2 Å². The lowest BCUT2D eigenvalue weighted by Gasteiger charge is -2.27. The van der Waals surface area contributed by atoms with E-state index in [0.29, 0.717) is 6.29 Å². The number of hydrogen-bond acceptors (Lipinski definition) is 10. The highest BCUT2D eigenvalue weighted by atomic mass is 33.1. The molecule has 14 heteroatoms. The minimum Gasteiger partial charge on any atom is -0.468 e. The van der Waals surface area contributed by atoms with E-state index in [1.165, 1.54) is 35.8 Å². The molecule has 0 saturated heterocycles. The van der Waals surface area contributed by atoms with Gasteiger partial charge in [-0.25, -0.2) is 0 Å². The zero-order chi connectivity index (χ0) is 34.1. The fourth-order valence-corrected chi connectivity index (χ4v) is 10.5. The third kappa shape index (κ3) is 11.4. The fraction of sp³-hybridized carbons (Fsp3) is 0.303. The van der Waals surface area contributed by atoms with Crippen LogP contribution in [-0.2, 0) is 33.4 Å². The van der Waals surface area contributed by atoms with E-state index in [1.807, 2.05) is 54.6 Å². The molecule has 3 amide bonds. The number of methoxy groups -OCH3 is 2. The van der Waals surface area contributed by atoms with E-state index in [1.54, 1.807) is 0 Å². The molecule has 0 fully saturated rings. The van der Waals surface area contributed by atoms with Gasteiger partial charge in [0.25, 0.3) is 0 Å². The lowest BCUT2D eigenvalue weighted by atomic mass is 10.1. The number of carbonyl (C=O) groups excluding carboxylic acids is 5. The molecule has 0 heterocycles. The number of amides is 3. The van der Waals surface area contributed by atoms with Crippen LogP contribution in [0.4, 0.5) is 0 Å². The van der Waals surface area contributed by atoms with Crippen molar-refractivity contribution < 1.29 is 33.4 Å². The molecule has 47 heavy (non-hydrogen) atoms. The molecule has 0 spiro atoms. The maximum atomic E-state index is 13.2. The monoisotopic (exact) mass is 699 g/mol. The molecule has 0 saturated carbocycles. The Morgan fingerprint density at radius 2 is 1.28 bits per heavy atom. The number of rotatable bonds is 18. The Morgan fingerprint density at radius 3 is 1.77 bits per heavy atom. The van der Waals surface area contributed by atoms with Gasteiger partial charge in [-0.05, 0) is 42.8 Å². The first-order valence-electron chi connectivity index (χ1n) is 14.7. The Morgan fingerprint density at radius 1 is 0.745 bits per heavy atom. The first kappa shape index (κ1) is 37.6. The van der Waals surface area contributed by atoms with E-state index in [9.17, 15) is 24.0 Å². The highest BCUT2D eigenvalue weighted by Crippen LogP contribution is 2.54. The molecule has 0 bridgehead atoms. The second-order valence-electron chi connectivity index (χ2n) is 10.2. The van der Waals surface area contributed by atoms with Crippen molar-refractivity contribution in [3.05, 3.63) is 91.0 Å². The van der Waals surface area contributed by atoms with E-state index in [0.717, 1.165) is 15.9 Å². The molecule has 250 valence electrons. The largest absolute Gasteiger partial charge is 0.468 e. The molecule has 2 unspecified atom stereocenters. The fourth-order valence-electron chi connectivity index (χ4n) is 4.60. The maximum absolute atomic E-state index is 13.2. The van der Waals surface area contributed by atoms with Crippen LogP contribution in [0.1, 0.15) is 12.8 Å². The van der Waals surface area contributed by atoms with Crippen LogP contribution in [0.3, 0.4) is 0 Å². The second-order valence-corrected chi connectivity index (χ2v) is 16.2. The molecule has 0 aliphatic rings. The molecular weight excluding hydrogens is 659 g/mol. The summed E-state index contributed by atoms with van der Waals surface area (Å²) in [6, 6.07) is 28.6. The highest BCUT2D eigenvalue weighted by molar-refractivity contribution is 8.76. The highest BCUT2D eigenvalue weighted by Gasteiger charge is 2.45. The molecule has 3 aromatic carbocycles. The number of esters is 2. The molecule has 0 aromatic heterocycles. The van der Waals surface area contributed by atoms with Gasteiger partial charge in [-0.15, -0.1) is 0 Å². The molecule has 0 aliphatic carbocycles. The predicted octanol–water partition coefficient (Wildman–Crippen LogP) is 1.49. The smallest absolute Gasteiger partial charge is 0.325 e. The van der Waals surface area contributed by atoms with Gasteiger partial charge >= 0.3 is 11.9 Å². The number of carbonyl (C=O) groups is 5. The van der Waals surface area contributed by atoms with E-state index in [-0.39, 0.29) is 36.8 Å². The van der Waals surface area contributed by atoms with Crippen LogP contribution in [0.5, 0.6) is 0 Å². The minimum atomic E-state index is -2.26. The van der Waals surface area contributed by atoms with E-state index < -0.39 is 43.1 Å². The number of ether oxygens (including phenoxy) is 2. The van der Waals surface area contributed by atoms with Gasteiger partial charge in [0.05, 0.1) is 20.0 Å². The number of benzene rings is 3. The lowest BCUT2D eigenvalue weighted by Crippen LogP contribution is -2.49. The summed E-state index contributed by atoms with van der Waals surface area (Å²) in [5, 5.41) is 11.7. The van der Waals surface area contributed by atoms with E-state index >= 15 is 0 Å². The summed E-state index contributed by atoms with van der Waals surface area (Å²) in [5.74, 6) is -2.37. The topological polar surface area (TPSA) is 166 Å². The summed E-state index contributed by atoms with van der Waals surface area (Å²) in [6.07, 6.45) is 0.319. The number of nitrogens with one attached hydrogen (secondary N) is 3. The summed E-state index contributed by atoms with van der Waals surface area (Å²) in [5.41, 5.74) is 5.71. The van der Waals surface area contributed by atoms with Crippen molar-refractivity contribution in [2.45, 2.75) is 24.9 Å². The van der Waals surface area contributed by atoms with E-state index in [2.05, 4.69) is 61.8 Å². The Bertz CT molecular complexity index is 1370. The van der Waals surface area contributed by atoms with Gasteiger partial charge in [-0.1, -0.05) is 76.2 Å². The third-order valence-corrected chi connectivity index (χ3v) is 13.5. The summed E-state index contributed by atoms with van der Waals surface area (Å²) in [6.45, 7) is -0.371. The van der Waals surface area contributed by atoms with Crippen molar-refractivity contribution in [2.75, 3.05) is 38.6 Å². The van der Waals surface area contributed by atoms with Crippen LogP contribution < -0.4 is 37.6 Å². The standard InChI is InChI=1S/C33H39N4O7PS2/c1-43-31(40)20-35-32(41)28(37-29(38)19-18-27(34)33(42)44-2)21-46-47-22-30(39)36-23-45(24-12-6-3-7-13-24,25-14-8-4-9-15-25)26-16-10-5-11-17-26/h3-17,27-28H,18-23,34H2,1-2H3,(H2-,35,36,37,38,39,41)/p+1. The van der Waals surface area contributed by atoms with Crippen LogP contribution in [0.25, 0.3) is 0 Å².